The van der Waals surface area contributed by atoms with Gasteiger partial charge in [0.15, 0.2) is 0 Å². The number of carbonyl (C=O) groups is 1. The highest BCUT2D eigenvalue weighted by atomic mass is 32.2. The number of amides is 1. The summed E-state index contributed by atoms with van der Waals surface area (Å²) < 4.78 is 26.0. The zero-order valence-electron chi connectivity index (χ0n) is 10.9. The van der Waals surface area contributed by atoms with Crippen LogP contribution in [-0.2, 0) is 21.2 Å². The molecule has 107 valence electrons. The Morgan fingerprint density at radius 3 is 2.19 bits per heavy atom. The molecule has 0 unspecified atom stereocenters. The second kappa shape index (κ2) is 6.32. The Hall–Kier alpha value is -2.47. The monoisotopic (exact) mass is 302 g/mol. The van der Waals surface area contributed by atoms with Crippen molar-refractivity contribution < 1.29 is 18.0 Å². The fourth-order valence-electron chi connectivity index (χ4n) is 1.70. The van der Waals surface area contributed by atoms with E-state index >= 15 is 0 Å². The third-order valence-electron chi connectivity index (χ3n) is 2.77. The fourth-order valence-corrected chi connectivity index (χ4v) is 2.69. The maximum absolute atomic E-state index is 12.0. The van der Waals surface area contributed by atoms with Crippen molar-refractivity contribution in [2.24, 2.45) is 0 Å². The largest absolute Gasteiger partial charge is 0.291 e. The van der Waals surface area contributed by atoms with Crippen LogP contribution in [0.15, 0.2) is 59.5 Å². The third kappa shape index (κ3) is 3.76. The topological polar surface area (TPSA) is 80.3 Å². The van der Waals surface area contributed by atoms with E-state index < -0.39 is 15.9 Å². The van der Waals surface area contributed by atoms with Gasteiger partial charge in [-0.2, -0.15) is 0 Å². The minimum Gasteiger partial charge on any atom is -0.291 e. The smallest absolute Gasteiger partial charge is 0.264 e. The Labute approximate surface area is 122 Å². The van der Waals surface area contributed by atoms with Crippen molar-refractivity contribution in [1.82, 2.24) is 4.72 Å². The number of sulfonamides is 1. The lowest BCUT2D eigenvalue weighted by Crippen LogP contribution is -2.30. The standard InChI is InChI=1S/C15H12NO4S/c17-11-10-12-6-8-13(9-7-12)15(18)16-21(19,20)14-4-2-1-3-5-14/h1-9H,10H2,(H,16,18). The molecule has 0 fully saturated rings. The van der Waals surface area contributed by atoms with Gasteiger partial charge in [-0.15, -0.1) is 0 Å². The van der Waals surface area contributed by atoms with Crippen molar-refractivity contribution in [1.29, 1.82) is 0 Å². The molecule has 0 saturated carbocycles. The van der Waals surface area contributed by atoms with E-state index in [9.17, 15) is 18.0 Å². The van der Waals surface area contributed by atoms with Gasteiger partial charge in [-0.25, -0.2) is 13.1 Å². The molecule has 1 amide bonds. The Balaban J connectivity index is 2.16. The second-order valence-electron chi connectivity index (χ2n) is 4.27. The minimum absolute atomic E-state index is 0.0190. The van der Waals surface area contributed by atoms with Gasteiger partial charge in [0.1, 0.15) is 0 Å². The summed E-state index contributed by atoms with van der Waals surface area (Å²) in [6.45, 7) is 0. The molecule has 0 saturated heterocycles. The Bertz CT molecular complexity index is 737. The molecule has 0 aliphatic rings. The lowest BCUT2D eigenvalue weighted by Gasteiger charge is -2.07. The normalized spacial score (nSPS) is 10.9. The van der Waals surface area contributed by atoms with E-state index in [0.29, 0.717) is 5.56 Å². The number of rotatable bonds is 5. The summed E-state index contributed by atoms with van der Waals surface area (Å²) >= 11 is 0. The lowest BCUT2D eigenvalue weighted by molar-refractivity contribution is 0.0981. The number of hydrogen-bond acceptors (Lipinski definition) is 4. The average Bonchev–Trinajstić information content (AvgIpc) is 2.49. The van der Waals surface area contributed by atoms with E-state index in [1.54, 1.807) is 36.6 Å². The highest BCUT2D eigenvalue weighted by Crippen LogP contribution is 2.09. The summed E-state index contributed by atoms with van der Waals surface area (Å²) in [5, 5.41) is 0. The highest BCUT2D eigenvalue weighted by molar-refractivity contribution is 7.90. The molecule has 1 N–H and O–H groups in total. The molecule has 0 aliphatic heterocycles. The minimum atomic E-state index is -3.89. The zero-order chi connectivity index (χ0) is 15.3. The van der Waals surface area contributed by atoms with E-state index in [1.165, 1.54) is 24.3 Å². The molecular weight excluding hydrogens is 290 g/mol. The first-order valence-electron chi connectivity index (χ1n) is 6.09. The number of benzene rings is 2. The van der Waals surface area contributed by atoms with Crippen LogP contribution >= 0.6 is 0 Å². The second-order valence-corrected chi connectivity index (χ2v) is 5.95. The Kier molecular flexibility index (Phi) is 4.49. The van der Waals surface area contributed by atoms with Gasteiger partial charge in [0, 0.05) is 12.0 Å². The summed E-state index contributed by atoms with van der Waals surface area (Å²) in [4.78, 5) is 22.2. The van der Waals surface area contributed by atoms with Crippen molar-refractivity contribution >= 4 is 22.2 Å². The molecule has 1 radical (unpaired) electrons. The zero-order valence-corrected chi connectivity index (χ0v) is 11.8. The van der Waals surface area contributed by atoms with Crippen LogP contribution in [0.2, 0.25) is 0 Å². The van der Waals surface area contributed by atoms with Crippen molar-refractivity contribution in [2.75, 3.05) is 0 Å². The van der Waals surface area contributed by atoms with Crippen LogP contribution in [0.5, 0.6) is 0 Å². The summed E-state index contributed by atoms with van der Waals surface area (Å²) in [6, 6.07) is 13.7. The van der Waals surface area contributed by atoms with Gasteiger partial charge in [-0.3, -0.25) is 9.59 Å². The van der Waals surface area contributed by atoms with E-state index in [0.717, 1.165) is 0 Å². The van der Waals surface area contributed by atoms with Crippen LogP contribution in [0.25, 0.3) is 0 Å². The van der Waals surface area contributed by atoms with Gasteiger partial charge in [0.05, 0.1) is 4.90 Å². The first kappa shape index (κ1) is 14.9. The molecule has 21 heavy (non-hydrogen) atoms. The van der Waals surface area contributed by atoms with Crippen molar-refractivity contribution in [3.05, 3.63) is 65.7 Å². The van der Waals surface area contributed by atoms with E-state index in [1.807, 2.05) is 4.72 Å². The van der Waals surface area contributed by atoms with Crippen molar-refractivity contribution in [3.8, 4) is 0 Å². The lowest BCUT2D eigenvalue weighted by atomic mass is 10.1. The van der Waals surface area contributed by atoms with Gasteiger partial charge in [0.25, 0.3) is 15.9 Å². The molecule has 0 bridgehead atoms. The van der Waals surface area contributed by atoms with Crippen LogP contribution < -0.4 is 4.72 Å². The molecule has 6 heteroatoms. The third-order valence-corrected chi connectivity index (χ3v) is 4.12. The van der Waals surface area contributed by atoms with E-state index in [2.05, 4.69) is 0 Å². The summed E-state index contributed by atoms with van der Waals surface area (Å²) in [7, 11) is -3.89. The van der Waals surface area contributed by atoms with Gasteiger partial charge in [-0.1, -0.05) is 30.3 Å². The van der Waals surface area contributed by atoms with Crippen LogP contribution in [-0.4, -0.2) is 20.6 Å². The summed E-state index contributed by atoms with van der Waals surface area (Å²) in [5.41, 5.74) is 0.900. The number of hydrogen-bond donors (Lipinski definition) is 1. The molecule has 2 aromatic rings. The average molecular weight is 302 g/mol. The first-order valence-corrected chi connectivity index (χ1v) is 7.57. The van der Waals surface area contributed by atoms with Gasteiger partial charge >= 0.3 is 0 Å². The molecule has 0 aromatic heterocycles. The quantitative estimate of drug-likeness (QED) is 0.906. The molecule has 5 nitrogen and oxygen atoms in total. The Morgan fingerprint density at radius 1 is 1.00 bits per heavy atom. The molecule has 0 heterocycles. The van der Waals surface area contributed by atoms with Crippen LogP contribution in [0.1, 0.15) is 15.9 Å². The van der Waals surface area contributed by atoms with Crippen LogP contribution in [0, 0.1) is 0 Å². The SMILES string of the molecule is O=[C]Cc1ccc(C(=O)NS(=O)(=O)c2ccccc2)cc1. The maximum Gasteiger partial charge on any atom is 0.264 e. The predicted molar refractivity (Wildman–Crippen MR) is 76.9 cm³/mol. The molecule has 2 rings (SSSR count). The predicted octanol–water partition coefficient (Wildman–Crippen LogP) is 1.46. The molecule has 0 atom stereocenters. The maximum atomic E-state index is 12.0. The Morgan fingerprint density at radius 2 is 1.62 bits per heavy atom. The first-order chi connectivity index (χ1) is 10.0. The number of nitrogens with one attached hydrogen (secondary N) is 1. The summed E-state index contributed by atoms with van der Waals surface area (Å²) in [6.07, 6.45) is 1.88. The van der Waals surface area contributed by atoms with E-state index in [-0.39, 0.29) is 16.9 Å². The highest BCUT2D eigenvalue weighted by Gasteiger charge is 2.18. The molecule has 0 aliphatic carbocycles. The van der Waals surface area contributed by atoms with E-state index in [4.69, 9.17) is 0 Å². The number of carbonyl (C=O) groups excluding carboxylic acids is 2. The fraction of sp³-hybridized carbons (Fsp3) is 0.0667. The summed E-state index contributed by atoms with van der Waals surface area (Å²) in [5.74, 6) is -0.722. The van der Waals surface area contributed by atoms with Crippen molar-refractivity contribution in [3.63, 3.8) is 0 Å². The van der Waals surface area contributed by atoms with Crippen LogP contribution in [0.4, 0.5) is 0 Å². The van der Waals surface area contributed by atoms with Crippen molar-refractivity contribution in [2.45, 2.75) is 11.3 Å². The van der Waals surface area contributed by atoms with Gasteiger partial charge < -0.3 is 0 Å². The van der Waals surface area contributed by atoms with Gasteiger partial charge in [0.2, 0.25) is 6.29 Å². The van der Waals surface area contributed by atoms with Gasteiger partial charge in [-0.05, 0) is 29.8 Å². The molecule has 0 spiro atoms. The molecular formula is C15H12NO4S. The van der Waals surface area contributed by atoms with Crippen LogP contribution in [0.3, 0.4) is 0 Å². The molecule has 2 aromatic carbocycles.